The standard InChI is InChI=1S/C16H23N3/c1-13-16(14(2)18-17-13)10-12-19(3)11-9-15-7-5-4-6-8-15/h4-8H,9-12H2,1-3H3,(H,17,18). The van der Waals surface area contributed by atoms with Gasteiger partial charge in [-0.3, -0.25) is 5.10 Å². The molecular weight excluding hydrogens is 234 g/mol. The molecule has 0 fully saturated rings. The van der Waals surface area contributed by atoms with Gasteiger partial charge in [0.05, 0.1) is 5.69 Å². The van der Waals surface area contributed by atoms with Gasteiger partial charge in [0.1, 0.15) is 0 Å². The summed E-state index contributed by atoms with van der Waals surface area (Å²) in [5, 5.41) is 7.29. The normalized spacial score (nSPS) is 11.2. The Kier molecular flexibility index (Phi) is 4.74. The van der Waals surface area contributed by atoms with Crippen LogP contribution in [0.1, 0.15) is 22.5 Å². The number of rotatable bonds is 6. The highest BCUT2D eigenvalue weighted by Gasteiger charge is 2.07. The van der Waals surface area contributed by atoms with Crippen LogP contribution in [0.15, 0.2) is 30.3 Å². The van der Waals surface area contributed by atoms with Gasteiger partial charge in [-0.25, -0.2) is 0 Å². The smallest absolute Gasteiger partial charge is 0.0626 e. The predicted octanol–water partition coefficient (Wildman–Crippen LogP) is 2.74. The van der Waals surface area contributed by atoms with Crippen LogP contribution in [0.2, 0.25) is 0 Å². The molecule has 3 nitrogen and oxygen atoms in total. The number of benzene rings is 1. The van der Waals surface area contributed by atoms with Crippen molar-refractivity contribution in [3.63, 3.8) is 0 Å². The Bertz CT molecular complexity index is 482. The van der Waals surface area contributed by atoms with Crippen LogP contribution in [-0.2, 0) is 12.8 Å². The van der Waals surface area contributed by atoms with Crippen molar-refractivity contribution in [2.75, 3.05) is 20.1 Å². The van der Waals surface area contributed by atoms with Crippen LogP contribution in [0, 0.1) is 13.8 Å². The van der Waals surface area contributed by atoms with Gasteiger partial charge in [-0.1, -0.05) is 30.3 Å². The minimum absolute atomic E-state index is 1.07. The fourth-order valence-electron chi connectivity index (χ4n) is 2.32. The zero-order chi connectivity index (χ0) is 13.7. The topological polar surface area (TPSA) is 31.9 Å². The molecule has 0 unspecified atom stereocenters. The lowest BCUT2D eigenvalue weighted by Gasteiger charge is -2.16. The molecule has 0 aliphatic carbocycles. The van der Waals surface area contributed by atoms with Crippen LogP contribution >= 0.6 is 0 Å². The number of nitrogens with zero attached hydrogens (tertiary/aromatic N) is 2. The zero-order valence-corrected chi connectivity index (χ0v) is 12.1. The summed E-state index contributed by atoms with van der Waals surface area (Å²) in [4.78, 5) is 2.39. The SMILES string of the molecule is Cc1n[nH]c(C)c1CCN(C)CCc1ccccc1. The molecule has 3 heteroatoms. The van der Waals surface area contributed by atoms with Crippen molar-refractivity contribution in [1.29, 1.82) is 0 Å². The summed E-state index contributed by atoms with van der Waals surface area (Å²) in [5.41, 5.74) is 5.11. The molecule has 2 aromatic rings. The first-order valence-corrected chi connectivity index (χ1v) is 6.89. The van der Waals surface area contributed by atoms with Crippen LogP contribution in [0.5, 0.6) is 0 Å². The highest BCUT2D eigenvalue weighted by molar-refractivity contribution is 5.23. The maximum atomic E-state index is 4.24. The third-order valence-electron chi connectivity index (χ3n) is 3.65. The quantitative estimate of drug-likeness (QED) is 0.863. The molecular formula is C16H23N3. The van der Waals surface area contributed by atoms with Crippen molar-refractivity contribution >= 4 is 0 Å². The lowest BCUT2D eigenvalue weighted by atomic mass is 10.1. The Morgan fingerprint density at radius 2 is 1.74 bits per heavy atom. The first-order valence-electron chi connectivity index (χ1n) is 6.89. The Labute approximate surface area is 115 Å². The molecule has 2 rings (SSSR count). The lowest BCUT2D eigenvalue weighted by molar-refractivity contribution is 0.342. The van der Waals surface area contributed by atoms with Gasteiger partial charge in [0.25, 0.3) is 0 Å². The zero-order valence-electron chi connectivity index (χ0n) is 12.1. The van der Waals surface area contributed by atoms with Crippen molar-refractivity contribution in [3.8, 4) is 0 Å². The summed E-state index contributed by atoms with van der Waals surface area (Å²) in [5.74, 6) is 0. The fraction of sp³-hybridized carbons (Fsp3) is 0.438. The van der Waals surface area contributed by atoms with Gasteiger partial charge in [0, 0.05) is 18.8 Å². The minimum Gasteiger partial charge on any atom is -0.306 e. The number of nitrogens with one attached hydrogen (secondary N) is 1. The third kappa shape index (κ3) is 3.93. The van der Waals surface area contributed by atoms with E-state index >= 15 is 0 Å². The highest BCUT2D eigenvalue weighted by atomic mass is 15.1. The summed E-state index contributed by atoms with van der Waals surface area (Å²) in [6, 6.07) is 10.7. The maximum absolute atomic E-state index is 4.24. The van der Waals surface area contributed by atoms with E-state index in [2.05, 4.69) is 66.3 Å². The second-order valence-electron chi connectivity index (χ2n) is 5.20. The van der Waals surface area contributed by atoms with E-state index in [1.54, 1.807) is 0 Å². The number of likely N-dealkylation sites (N-methyl/N-ethyl adjacent to an activating group) is 1. The molecule has 0 saturated carbocycles. The molecule has 0 radical (unpaired) electrons. The Morgan fingerprint density at radius 1 is 1.05 bits per heavy atom. The van der Waals surface area contributed by atoms with E-state index in [1.165, 1.54) is 16.8 Å². The second kappa shape index (κ2) is 6.53. The van der Waals surface area contributed by atoms with Gasteiger partial charge in [0.2, 0.25) is 0 Å². The van der Waals surface area contributed by atoms with Crippen LogP contribution < -0.4 is 0 Å². The largest absolute Gasteiger partial charge is 0.306 e. The molecule has 0 atom stereocenters. The summed E-state index contributed by atoms with van der Waals surface area (Å²) in [6.07, 6.45) is 2.18. The second-order valence-corrected chi connectivity index (χ2v) is 5.20. The molecule has 1 N–H and O–H groups in total. The van der Waals surface area contributed by atoms with E-state index in [9.17, 15) is 0 Å². The molecule has 1 heterocycles. The Balaban J connectivity index is 1.77. The number of hydrogen-bond acceptors (Lipinski definition) is 2. The Morgan fingerprint density at radius 3 is 2.37 bits per heavy atom. The number of hydrogen-bond donors (Lipinski definition) is 1. The predicted molar refractivity (Wildman–Crippen MR) is 79.4 cm³/mol. The van der Waals surface area contributed by atoms with E-state index < -0.39 is 0 Å². The van der Waals surface area contributed by atoms with Crippen LogP contribution in [0.25, 0.3) is 0 Å². The van der Waals surface area contributed by atoms with Crippen molar-refractivity contribution in [2.45, 2.75) is 26.7 Å². The molecule has 19 heavy (non-hydrogen) atoms. The van der Waals surface area contributed by atoms with Crippen LogP contribution in [-0.4, -0.2) is 35.2 Å². The number of H-pyrrole nitrogens is 1. The van der Waals surface area contributed by atoms with Gasteiger partial charge in [-0.05, 0) is 44.9 Å². The average molecular weight is 257 g/mol. The van der Waals surface area contributed by atoms with E-state index in [1.807, 2.05) is 0 Å². The summed E-state index contributed by atoms with van der Waals surface area (Å²) >= 11 is 0. The molecule has 0 aliphatic heterocycles. The Hall–Kier alpha value is -1.61. The number of aromatic amines is 1. The summed E-state index contributed by atoms with van der Waals surface area (Å²) in [7, 11) is 2.19. The molecule has 0 saturated heterocycles. The van der Waals surface area contributed by atoms with Crippen molar-refractivity contribution in [2.24, 2.45) is 0 Å². The third-order valence-corrected chi connectivity index (χ3v) is 3.65. The van der Waals surface area contributed by atoms with Gasteiger partial charge >= 0.3 is 0 Å². The highest BCUT2D eigenvalue weighted by Crippen LogP contribution is 2.10. The monoisotopic (exact) mass is 257 g/mol. The first-order chi connectivity index (χ1) is 9.16. The van der Waals surface area contributed by atoms with Gasteiger partial charge in [-0.2, -0.15) is 5.10 Å². The van der Waals surface area contributed by atoms with E-state index in [-0.39, 0.29) is 0 Å². The molecule has 0 bridgehead atoms. The number of aryl methyl sites for hydroxylation is 2. The van der Waals surface area contributed by atoms with E-state index in [0.717, 1.165) is 31.6 Å². The minimum atomic E-state index is 1.07. The van der Waals surface area contributed by atoms with Crippen molar-refractivity contribution < 1.29 is 0 Å². The summed E-state index contributed by atoms with van der Waals surface area (Å²) in [6.45, 7) is 6.34. The molecule has 0 amide bonds. The van der Waals surface area contributed by atoms with Gasteiger partial charge < -0.3 is 4.90 Å². The molecule has 1 aromatic heterocycles. The van der Waals surface area contributed by atoms with Gasteiger partial charge in [0.15, 0.2) is 0 Å². The van der Waals surface area contributed by atoms with Crippen LogP contribution in [0.3, 0.4) is 0 Å². The lowest BCUT2D eigenvalue weighted by Crippen LogP contribution is -2.24. The molecule has 1 aromatic carbocycles. The van der Waals surface area contributed by atoms with Gasteiger partial charge in [-0.15, -0.1) is 0 Å². The fourth-order valence-corrected chi connectivity index (χ4v) is 2.32. The first kappa shape index (κ1) is 13.8. The summed E-state index contributed by atoms with van der Waals surface area (Å²) < 4.78 is 0. The number of aromatic nitrogens is 2. The molecule has 0 spiro atoms. The van der Waals surface area contributed by atoms with E-state index in [0.29, 0.717) is 0 Å². The van der Waals surface area contributed by atoms with Crippen molar-refractivity contribution in [1.82, 2.24) is 15.1 Å². The molecule has 0 aliphatic rings. The maximum Gasteiger partial charge on any atom is 0.0626 e. The molecule has 102 valence electrons. The average Bonchev–Trinajstić information content (AvgIpc) is 2.75. The van der Waals surface area contributed by atoms with Crippen LogP contribution in [0.4, 0.5) is 0 Å². The van der Waals surface area contributed by atoms with Crippen molar-refractivity contribution in [3.05, 3.63) is 52.8 Å². The van der Waals surface area contributed by atoms with E-state index in [4.69, 9.17) is 0 Å².